The highest BCUT2D eigenvalue weighted by atomic mass is 32.2. The smallest absolute Gasteiger partial charge is 0.198 e. The summed E-state index contributed by atoms with van der Waals surface area (Å²) in [6.45, 7) is 1.98. The molecule has 0 atom stereocenters. The number of rotatable bonds is 5. The Morgan fingerprint density at radius 3 is 2.57 bits per heavy atom. The van der Waals surface area contributed by atoms with E-state index in [4.69, 9.17) is 4.74 Å². The third-order valence-electron chi connectivity index (χ3n) is 3.99. The lowest BCUT2D eigenvalue weighted by Gasteiger charge is -2.20. The lowest BCUT2D eigenvalue weighted by Crippen LogP contribution is -2.17. The van der Waals surface area contributed by atoms with Crippen LogP contribution < -0.4 is 9.64 Å². The van der Waals surface area contributed by atoms with E-state index in [0.717, 1.165) is 16.5 Å². The molecule has 0 aliphatic carbocycles. The zero-order valence-corrected chi connectivity index (χ0v) is 16.4. The minimum atomic E-state index is -0.758. The highest BCUT2D eigenvalue weighted by molar-refractivity contribution is 8.02. The van der Waals surface area contributed by atoms with Crippen LogP contribution in [0.5, 0.6) is 11.5 Å². The molecule has 0 saturated carbocycles. The summed E-state index contributed by atoms with van der Waals surface area (Å²) in [5.41, 5.74) is 1.05. The summed E-state index contributed by atoms with van der Waals surface area (Å²) in [7, 11) is 0. The number of para-hydroxylation sites is 1. The maximum Gasteiger partial charge on any atom is 0.198 e. The van der Waals surface area contributed by atoms with E-state index >= 15 is 0 Å². The summed E-state index contributed by atoms with van der Waals surface area (Å²) in [6, 6.07) is 9.03. The second kappa shape index (κ2) is 8.20. The van der Waals surface area contributed by atoms with E-state index in [1.54, 1.807) is 36.4 Å². The molecule has 28 heavy (non-hydrogen) atoms. The van der Waals surface area contributed by atoms with E-state index in [-0.39, 0.29) is 0 Å². The summed E-state index contributed by atoms with van der Waals surface area (Å²) in [4.78, 5) is 12.1. The molecular formula is C20H15F2N3OS2. The van der Waals surface area contributed by atoms with Crippen LogP contribution in [0.4, 0.5) is 14.6 Å². The molecule has 2 aromatic heterocycles. The Balaban J connectivity index is 1.74. The fourth-order valence-corrected chi connectivity index (χ4v) is 4.33. The number of aromatic nitrogens is 2. The summed E-state index contributed by atoms with van der Waals surface area (Å²) in [5.74, 6) is -0.232. The highest BCUT2D eigenvalue weighted by Gasteiger charge is 2.20. The van der Waals surface area contributed by atoms with Gasteiger partial charge in [-0.2, -0.15) is 0 Å². The third kappa shape index (κ3) is 3.98. The lowest BCUT2D eigenvalue weighted by atomic mass is 10.3. The first-order valence-corrected chi connectivity index (χ1v) is 10.2. The van der Waals surface area contributed by atoms with Gasteiger partial charge in [-0.1, -0.05) is 17.8 Å². The second-order valence-electron chi connectivity index (χ2n) is 5.91. The molecule has 0 bridgehead atoms. The van der Waals surface area contributed by atoms with Crippen LogP contribution in [0, 0.1) is 11.6 Å². The van der Waals surface area contributed by atoms with E-state index in [9.17, 15) is 8.78 Å². The maximum atomic E-state index is 14.1. The molecule has 0 N–H and O–H groups in total. The molecule has 0 unspecified atom stereocenters. The molecule has 142 valence electrons. The van der Waals surface area contributed by atoms with Crippen LogP contribution in [0.2, 0.25) is 0 Å². The minimum Gasteiger partial charge on any atom is -0.450 e. The second-order valence-corrected chi connectivity index (χ2v) is 7.85. The van der Waals surface area contributed by atoms with Crippen molar-refractivity contribution >= 4 is 29.3 Å². The van der Waals surface area contributed by atoms with Crippen LogP contribution >= 0.6 is 23.5 Å². The van der Waals surface area contributed by atoms with Crippen LogP contribution in [0.15, 0.2) is 75.9 Å². The predicted molar refractivity (Wildman–Crippen MR) is 108 cm³/mol. The Morgan fingerprint density at radius 1 is 1.14 bits per heavy atom. The number of hydrogen-bond acceptors (Lipinski definition) is 6. The molecule has 1 aliphatic heterocycles. The Hall–Kier alpha value is -2.58. The molecule has 0 spiro atoms. The molecule has 3 heterocycles. The van der Waals surface area contributed by atoms with Crippen LogP contribution in [0.25, 0.3) is 0 Å². The Labute approximate surface area is 169 Å². The monoisotopic (exact) mass is 415 g/mol. The number of benzene rings is 1. The number of thioether (sulfide) groups is 1. The predicted octanol–water partition coefficient (Wildman–Crippen LogP) is 6.07. The largest absolute Gasteiger partial charge is 0.450 e. The number of hydrogen-bond donors (Lipinski definition) is 0. The van der Waals surface area contributed by atoms with E-state index < -0.39 is 17.4 Å². The van der Waals surface area contributed by atoms with Crippen LogP contribution in [0.3, 0.4) is 0 Å². The SMILES string of the molecule is CC1=CSCN1c1cc(Oc2c(F)cccc2F)c(Sc2ccncc2)cn1. The van der Waals surface area contributed by atoms with Gasteiger partial charge in [0.15, 0.2) is 17.4 Å². The van der Waals surface area contributed by atoms with Gasteiger partial charge in [0, 0.05) is 35.2 Å². The van der Waals surface area contributed by atoms with Crippen LogP contribution in [-0.4, -0.2) is 15.8 Å². The molecule has 1 aliphatic rings. The van der Waals surface area contributed by atoms with E-state index in [1.165, 1.54) is 30.0 Å². The average Bonchev–Trinajstić information content (AvgIpc) is 3.13. The lowest BCUT2D eigenvalue weighted by molar-refractivity contribution is 0.400. The van der Waals surface area contributed by atoms with Crippen LogP contribution in [-0.2, 0) is 0 Å². The van der Waals surface area contributed by atoms with Crippen molar-refractivity contribution in [3.63, 3.8) is 0 Å². The van der Waals surface area contributed by atoms with Gasteiger partial charge in [-0.05, 0) is 36.6 Å². The van der Waals surface area contributed by atoms with Gasteiger partial charge in [0.1, 0.15) is 11.6 Å². The molecule has 8 heteroatoms. The Bertz CT molecular complexity index is 1010. The van der Waals surface area contributed by atoms with E-state index in [1.807, 2.05) is 29.4 Å². The number of anilines is 1. The molecule has 0 saturated heterocycles. The Morgan fingerprint density at radius 2 is 1.89 bits per heavy atom. The normalized spacial score (nSPS) is 13.5. The third-order valence-corrected chi connectivity index (χ3v) is 5.93. The molecule has 1 aromatic carbocycles. The van der Waals surface area contributed by atoms with Crippen molar-refractivity contribution in [3.05, 3.63) is 77.7 Å². The van der Waals surface area contributed by atoms with Crippen molar-refractivity contribution in [2.45, 2.75) is 16.7 Å². The summed E-state index contributed by atoms with van der Waals surface area (Å²) in [6.07, 6.45) is 5.01. The highest BCUT2D eigenvalue weighted by Crippen LogP contribution is 2.40. The van der Waals surface area contributed by atoms with Crippen molar-refractivity contribution < 1.29 is 13.5 Å². The van der Waals surface area contributed by atoms with E-state index in [2.05, 4.69) is 9.97 Å². The van der Waals surface area contributed by atoms with Crippen molar-refractivity contribution in [1.82, 2.24) is 9.97 Å². The minimum absolute atomic E-state index is 0.334. The number of allylic oxidation sites excluding steroid dienone is 1. The molecule has 4 nitrogen and oxygen atoms in total. The van der Waals surface area contributed by atoms with Crippen molar-refractivity contribution in [3.8, 4) is 11.5 Å². The summed E-state index contributed by atoms with van der Waals surface area (Å²) < 4.78 is 34.0. The van der Waals surface area contributed by atoms with Crippen molar-refractivity contribution in [1.29, 1.82) is 0 Å². The fourth-order valence-electron chi connectivity index (χ4n) is 2.59. The quantitative estimate of drug-likeness (QED) is 0.504. The molecule has 0 fully saturated rings. The van der Waals surface area contributed by atoms with Crippen molar-refractivity contribution in [2.75, 3.05) is 10.8 Å². The maximum absolute atomic E-state index is 14.1. The molecule has 0 radical (unpaired) electrons. The van der Waals surface area contributed by atoms with Gasteiger partial charge in [-0.25, -0.2) is 13.8 Å². The van der Waals surface area contributed by atoms with Gasteiger partial charge in [-0.15, -0.1) is 11.8 Å². The van der Waals surface area contributed by atoms with Gasteiger partial charge in [0.2, 0.25) is 0 Å². The zero-order valence-electron chi connectivity index (χ0n) is 14.8. The number of pyridine rings is 2. The zero-order chi connectivity index (χ0) is 19.5. The summed E-state index contributed by atoms with van der Waals surface area (Å²) in [5, 5.41) is 2.04. The molecular weight excluding hydrogens is 400 g/mol. The average molecular weight is 415 g/mol. The van der Waals surface area contributed by atoms with Gasteiger partial charge >= 0.3 is 0 Å². The first-order valence-electron chi connectivity index (χ1n) is 8.37. The van der Waals surface area contributed by atoms with Crippen LogP contribution in [0.1, 0.15) is 6.92 Å². The van der Waals surface area contributed by atoms with Gasteiger partial charge in [0.05, 0.1) is 10.8 Å². The Kier molecular flexibility index (Phi) is 5.50. The summed E-state index contributed by atoms with van der Waals surface area (Å²) >= 11 is 3.04. The number of halogens is 2. The fraction of sp³-hybridized carbons (Fsp3) is 0.100. The first-order chi connectivity index (χ1) is 13.6. The molecule has 3 aromatic rings. The van der Waals surface area contributed by atoms with Gasteiger partial charge in [0.25, 0.3) is 0 Å². The van der Waals surface area contributed by atoms with E-state index in [0.29, 0.717) is 16.5 Å². The van der Waals surface area contributed by atoms with Gasteiger partial charge < -0.3 is 9.64 Å². The topological polar surface area (TPSA) is 38.2 Å². The molecule has 4 rings (SSSR count). The molecule has 0 amide bonds. The standard InChI is InChI=1S/C20H15F2N3OS2/c1-13-11-27-12-25(13)19-9-17(26-20-15(21)3-2-4-16(20)22)18(10-24-19)28-14-5-7-23-8-6-14/h2-11H,12H2,1H3. The van der Waals surface area contributed by atoms with Crippen molar-refractivity contribution in [2.24, 2.45) is 0 Å². The first kappa shape index (κ1) is 18.8. The number of nitrogens with zero attached hydrogens (tertiary/aromatic N) is 3. The van der Waals surface area contributed by atoms with Gasteiger partial charge in [-0.3, -0.25) is 4.98 Å². The number of ether oxygens (including phenoxy) is 1.